The molecular weight excluding hydrogens is 401 g/mol. The summed E-state index contributed by atoms with van der Waals surface area (Å²) in [6.45, 7) is 2.51. The number of hydrogen-bond acceptors (Lipinski definition) is 6. The Kier molecular flexibility index (Phi) is 5.88. The minimum absolute atomic E-state index is 0.152. The molecule has 3 aromatic rings. The number of rotatable bonds is 4. The van der Waals surface area contributed by atoms with Crippen molar-refractivity contribution < 1.29 is 13.9 Å². The molecule has 0 unspecified atom stereocenters. The molecule has 4 rings (SSSR count). The van der Waals surface area contributed by atoms with Crippen molar-refractivity contribution in [3.8, 4) is 11.3 Å². The Balaban J connectivity index is 1.74. The normalized spacial score (nSPS) is 18.5. The number of aromatic nitrogens is 3. The highest BCUT2D eigenvalue weighted by Gasteiger charge is 2.32. The molecule has 1 saturated heterocycles. The van der Waals surface area contributed by atoms with E-state index in [-0.39, 0.29) is 22.7 Å². The summed E-state index contributed by atoms with van der Waals surface area (Å²) in [5.74, 6) is -0.262. The Morgan fingerprint density at radius 2 is 2.06 bits per heavy atom. The van der Waals surface area contributed by atoms with E-state index in [4.69, 9.17) is 4.74 Å². The van der Waals surface area contributed by atoms with Crippen LogP contribution in [-0.4, -0.2) is 33.6 Å². The van der Waals surface area contributed by atoms with Gasteiger partial charge in [0.05, 0.1) is 24.5 Å². The third-order valence-corrected chi connectivity index (χ3v) is 5.12. The minimum atomic E-state index is -0.549. The number of amides is 1. The van der Waals surface area contributed by atoms with Gasteiger partial charge in [0.1, 0.15) is 11.9 Å². The maximum absolute atomic E-state index is 14.3. The summed E-state index contributed by atoms with van der Waals surface area (Å²) in [6.07, 6.45) is 2.13. The number of nitrogens with one attached hydrogen (secondary N) is 2. The maximum Gasteiger partial charge on any atom is 0.253 e. The largest absolute Gasteiger partial charge is 0.370 e. The molecule has 0 aliphatic carbocycles. The van der Waals surface area contributed by atoms with Gasteiger partial charge in [0.25, 0.3) is 5.56 Å². The van der Waals surface area contributed by atoms with Crippen molar-refractivity contribution in [2.45, 2.75) is 19.1 Å². The summed E-state index contributed by atoms with van der Waals surface area (Å²) in [6, 6.07) is 9.68. The summed E-state index contributed by atoms with van der Waals surface area (Å²) in [5, 5.41) is 6.10. The molecule has 2 atom stereocenters. The average molecular weight is 423 g/mol. The Hall–Kier alpha value is -3.43. The first-order chi connectivity index (χ1) is 14.9. The van der Waals surface area contributed by atoms with Crippen LogP contribution >= 0.6 is 0 Å². The van der Waals surface area contributed by atoms with Crippen LogP contribution in [0.25, 0.3) is 11.3 Å². The Morgan fingerprint density at radius 1 is 1.29 bits per heavy atom. The van der Waals surface area contributed by atoms with Crippen LogP contribution in [0, 0.1) is 5.82 Å². The van der Waals surface area contributed by atoms with Crippen molar-refractivity contribution in [1.29, 1.82) is 0 Å². The molecule has 0 spiro atoms. The van der Waals surface area contributed by atoms with Crippen molar-refractivity contribution >= 4 is 11.6 Å². The smallest absolute Gasteiger partial charge is 0.253 e. The molecule has 1 fully saturated rings. The highest BCUT2D eigenvalue weighted by atomic mass is 19.1. The van der Waals surface area contributed by atoms with Crippen molar-refractivity contribution in [2.24, 2.45) is 7.05 Å². The third-order valence-electron chi connectivity index (χ3n) is 5.12. The molecule has 9 heteroatoms. The van der Waals surface area contributed by atoms with Crippen molar-refractivity contribution in [2.75, 3.05) is 18.5 Å². The van der Waals surface area contributed by atoms with E-state index in [0.29, 0.717) is 24.7 Å². The minimum Gasteiger partial charge on any atom is -0.370 e. The van der Waals surface area contributed by atoms with Crippen LogP contribution < -0.4 is 16.2 Å². The first-order valence-electron chi connectivity index (χ1n) is 9.84. The molecule has 160 valence electrons. The van der Waals surface area contributed by atoms with Crippen LogP contribution in [0.5, 0.6) is 0 Å². The topological polar surface area (TPSA) is 98.1 Å². The van der Waals surface area contributed by atoms with Gasteiger partial charge in [-0.3, -0.25) is 19.1 Å². The molecule has 2 aromatic heterocycles. The predicted octanol–water partition coefficient (Wildman–Crippen LogP) is 2.34. The van der Waals surface area contributed by atoms with Gasteiger partial charge >= 0.3 is 0 Å². The van der Waals surface area contributed by atoms with Gasteiger partial charge in [-0.05, 0) is 23.8 Å². The molecule has 0 bridgehead atoms. The molecule has 0 radical (unpaired) electrons. The van der Waals surface area contributed by atoms with Gasteiger partial charge in [-0.1, -0.05) is 12.1 Å². The molecule has 8 nitrogen and oxygen atoms in total. The zero-order valence-corrected chi connectivity index (χ0v) is 17.1. The Labute approximate surface area is 178 Å². The van der Waals surface area contributed by atoms with E-state index in [1.165, 1.54) is 29.8 Å². The van der Waals surface area contributed by atoms with Crippen LogP contribution in [-0.2, 0) is 16.6 Å². The number of halogens is 1. The molecule has 31 heavy (non-hydrogen) atoms. The molecule has 1 amide bonds. The van der Waals surface area contributed by atoms with E-state index in [1.54, 1.807) is 19.2 Å². The van der Waals surface area contributed by atoms with Crippen molar-refractivity contribution in [1.82, 2.24) is 19.9 Å². The second kappa shape index (κ2) is 8.75. The van der Waals surface area contributed by atoms with E-state index in [1.807, 2.05) is 12.1 Å². The SMILES string of the molecule is CC(=O)Nc1ccc([C@@H]2OCCN[C@H]2c2nc(-c3ccncc3F)cc(=O)n2C)cc1. The second-order valence-corrected chi connectivity index (χ2v) is 7.28. The van der Waals surface area contributed by atoms with Gasteiger partial charge in [0.15, 0.2) is 5.82 Å². The standard InChI is InChI=1S/C22H22FN5O3/c1-13(29)26-15-5-3-14(4-6-15)21-20(25-9-10-31-21)22-27-18(11-19(30)28(22)2)16-7-8-24-12-17(16)23/h3-8,11-12,20-21,25H,9-10H2,1-2H3,(H,26,29)/t20-,21+/m1/s1. The van der Waals surface area contributed by atoms with Crippen molar-refractivity contribution in [3.63, 3.8) is 0 Å². The Bertz CT molecular complexity index is 1160. The Morgan fingerprint density at radius 3 is 2.77 bits per heavy atom. The number of carbonyl (C=O) groups excluding carboxylic acids is 1. The van der Waals surface area contributed by atoms with Crippen LogP contribution in [0.15, 0.2) is 53.6 Å². The van der Waals surface area contributed by atoms with Gasteiger partial charge in [-0.15, -0.1) is 0 Å². The van der Waals surface area contributed by atoms with Crippen LogP contribution in [0.4, 0.5) is 10.1 Å². The van der Waals surface area contributed by atoms with Crippen LogP contribution in [0.2, 0.25) is 0 Å². The molecule has 3 heterocycles. The number of pyridine rings is 1. The quantitative estimate of drug-likeness (QED) is 0.669. The second-order valence-electron chi connectivity index (χ2n) is 7.28. The summed E-state index contributed by atoms with van der Waals surface area (Å²) >= 11 is 0. The number of benzene rings is 1. The van der Waals surface area contributed by atoms with Gasteiger partial charge in [0, 0.05) is 44.0 Å². The summed E-state index contributed by atoms with van der Waals surface area (Å²) in [5.41, 5.74) is 1.69. The van der Waals surface area contributed by atoms with Gasteiger partial charge in [-0.2, -0.15) is 0 Å². The lowest BCUT2D eigenvalue weighted by molar-refractivity contribution is -0.114. The fourth-order valence-electron chi connectivity index (χ4n) is 3.63. The lowest BCUT2D eigenvalue weighted by Gasteiger charge is -2.33. The monoisotopic (exact) mass is 423 g/mol. The molecule has 2 N–H and O–H groups in total. The fraction of sp³-hybridized carbons (Fsp3) is 0.273. The third kappa shape index (κ3) is 4.37. The highest BCUT2D eigenvalue weighted by molar-refractivity contribution is 5.88. The first-order valence-corrected chi connectivity index (χ1v) is 9.84. The fourth-order valence-corrected chi connectivity index (χ4v) is 3.63. The van der Waals surface area contributed by atoms with Crippen LogP contribution in [0.1, 0.15) is 30.5 Å². The van der Waals surface area contributed by atoms with Gasteiger partial charge in [0.2, 0.25) is 5.91 Å². The van der Waals surface area contributed by atoms with Crippen LogP contribution in [0.3, 0.4) is 0 Å². The van der Waals surface area contributed by atoms with E-state index in [9.17, 15) is 14.0 Å². The molecular formula is C22H22FN5O3. The van der Waals surface area contributed by atoms with E-state index >= 15 is 0 Å². The number of carbonyl (C=O) groups is 1. The van der Waals surface area contributed by atoms with E-state index < -0.39 is 18.0 Å². The van der Waals surface area contributed by atoms with Gasteiger partial charge in [-0.25, -0.2) is 9.37 Å². The molecule has 0 saturated carbocycles. The zero-order valence-electron chi connectivity index (χ0n) is 17.1. The first kappa shape index (κ1) is 20.8. The van der Waals surface area contributed by atoms with E-state index in [0.717, 1.165) is 11.8 Å². The lowest BCUT2D eigenvalue weighted by atomic mass is 9.99. The molecule has 1 aromatic carbocycles. The number of ether oxygens (including phenoxy) is 1. The number of morpholine rings is 1. The summed E-state index contributed by atoms with van der Waals surface area (Å²) in [7, 11) is 1.63. The highest BCUT2D eigenvalue weighted by Crippen LogP contribution is 2.34. The van der Waals surface area contributed by atoms with E-state index in [2.05, 4.69) is 20.6 Å². The summed E-state index contributed by atoms with van der Waals surface area (Å²) in [4.78, 5) is 32.3. The number of nitrogens with zero attached hydrogens (tertiary/aromatic N) is 3. The molecule has 1 aliphatic rings. The number of anilines is 1. The average Bonchev–Trinajstić information content (AvgIpc) is 2.76. The summed E-state index contributed by atoms with van der Waals surface area (Å²) < 4.78 is 21.7. The van der Waals surface area contributed by atoms with Crippen molar-refractivity contribution in [3.05, 3.63) is 76.4 Å². The maximum atomic E-state index is 14.3. The lowest BCUT2D eigenvalue weighted by Crippen LogP contribution is -2.40. The molecule has 1 aliphatic heterocycles. The number of hydrogen-bond donors (Lipinski definition) is 2. The van der Waals surface area contributed by atoms with Gasteiger partial charge < -0.3 is 15.4 Å². The zero-order chi connectivity index (χ0) is 22.0. The predicted molar refractivity (Wildman–Crippen MR) is 113 cm³/mol.